The van der Waals surface area contributed by atoms with Crippen molar-refractivity contribution in [1.82, 2.24) is 10.4 Å². The Bertz CT molecular complexity index is 139. The molecule has 0 aromatic rings. The number of thiol groups is 1. The van der Waals surface area contributed by atoms with Crippen LogP contribution in [0.2, 0.25) is 0 Å². The maximum Gasteiger partial charge on any atom is 0.0340 e. The third-order valence-corrected chi connectivity index (χ3v) is 1.12. The molecule has 0 unspecified atom stereocenters. The topological polar surface area (TPSA) is 15.3 Å². The highest BCUT2D eigenvalue weighted by atomic mass is 32.1. The zero-order valence-electron chi connectivity index (χ0n) is 4.63. The van der Waals surface area contributed by atoms with Crippen LogP contribution in [0.25, 0.3) is 0 Å². The number of allylic oxidation sites excluding steroid dienone is 1. The summed E-state index contributed by atoms with van der Waals surface area (Å²) >= 11 is 4.11. The molecule has 1 aliphatic rings. The average molecular weight is 128 g/mol. The Labute approximate surface area is 54.2 Å². The van der Waals surface area contributed by atoms with E-state index in [2.05, 4.69) is 18.1 Å². The molecule has 8 heavy (non-hydrogen) atoms. The molecule has 0 bridgehead atoms. The van der Waals surface area contributed by atoms with Gasteiger partial charge in [-0.05, 0) is 6.08 Å². The minimum absolute atomic E-state index is 0.964. The molecule has 0 saturated heterocycles. The van der Waals surface area contributed by atoms with Crippen molar-refractivity contribution in [2.45, 2.75) is 0 Å². The second-order valence-corrected chi connectivity index (χ2v) is 2.14. The second-order valence-electron chi connectivity index (χ2n) is 1.63. The fourth-order valence-electron chi connectivity index (χ4n) is 0.519. The Kier molecular flexibility index (Phi) is 1.48. The van der Waals surface area contributed by atoms with Crippen LogP contribution in [-0.2, 0) is 0 Å². The van der Waals surface area contributed by atoms with Gasteiger partial charge in [0.25, 0.3) is 0 Å². The zero-order chi connectivity index (χ0) is 5.98. The highest BCUT2D eigenvalue weighted by Crippen LogP contribution is 2.04. The molecular weight excluding hydrogens is 120 g/mol. The number of hydrazine groups is 1. The third kappa shape index (κ3) is 1.20. The van der Waals surface area contributed by atoms with Gasteiger partial charge in [0.1, 0.15) is 0 Å². The van der Waals surface area contributed by atoms with Gasteiger partial charge in [-0.3, -0.25) is 5.01 Å². The second kappa shape index (κ2) is 2.13. The number of nitrogens with zero attached hydrogens (tertiary/aromatic N) is 1. The Hall–Kier alpha value is -0.570. The van der Waals surface area contributed by atoms with E-state index in [1.165, 1.54) is 0 Å². The summed E-state index contributed by atoms with van der Waals surface area (Å²) in [6.07, 6.45) is 5.62. The average Bonchev–Trinajstić information content (AvgIpc) is 1.64. The van der Waals surface area contributed by atoms with Crippen molar-refractivity contribution < 1.29 is 0 Å². The molecule has 0 aliphatic carbocycles. The van der Waals surface area contributed by atoms with E-state index in [4.69, 9.17) is 0 Å². The first-order valence-corrected chi connectivity index (χ1v) is 2.80. The van der Waals surface area contributed by atoms with Gasteiger partial charge in [-0.2, -0.15) is 0 Å². The molecule has 0 amide bonds. The van der Waals surface area contributed by atoms with E-state index in [0.29, 0.717) is 0 Å². The van der Waals surface area contributed by atoms with Crippen LogP contribution in [0.5, 0.6) is 0 Å². The summed E-state index contributed by atoms with van der Waals surface area (Å²) < 4.78 is 0. The van der Waals surface area contributed by atoms with Crippen molar-refractivity contribution in [2.75, 3.05) is 7.05 Å². The van der Waals surface area contributed by atoms with Gasteiger partial charge < -0.3 is 5.43 Å². The molecule has 0 radical (unpaired) electrons. The first-order chi connectivity index (χ1) is 3.79. The molecule has 1 rings (SSSR count). The Morgan fingerprint density at radius 2 is 2.50 bits per heavy atom. The standard InChI is InChI=1S/C5H8N2S/c1-7-4-5(8)2-3-6-7/h2-4,6,8H,1H3. The number of nitrogens with one attached hydrogen (secondary N) is 1. The smallest absolute Gasteiger partial charge is 0.0340 e. The highest BCUT2D eigenvalue weighted by molar-refractivity contribution is 7.84. The van der Waals surface area contributed by atoms with Crippen LogP contribution >= 0.6 is 12.6 Å². The monoisotopic (exact) mass is 128 g/mol. The van der Waals surface area contributed by atoms with Gasteiger partial charge in [-0.1, -0.05) is 0 Å². The summed E-state index contributed by atoms with van der Waals surface area (Å²) in [5.41, 5.74) is 2.94. The Morgan fingerprint density at radius 1 is 1.75 bits per heavy atom. The van der Waals surface area contributed by atoms with Crippen LogP contribution in [0.1, 0.15) is 0 Å². The van der Waals surface area contributed by atoms with Gasteiger partial charge >= 0.3 is 0 Å². The molecule has 2 nitrogen and oxygen atoms in total. The van der Waals surface area contributed by atoms with Crippen molar-refractivity contribution in [3.8, 4) is 0 Å². The summed E-state index contributed by atoms with van der Waals surface area (Å²) in [7, 11) is 1.92. The van der Waals surface area contributed by atoms with Crippen LogP contribution in [0, 0.1) is 0 Å². The van der Waals surface area contributed by atoms with Crippen molar-refractivity contribution >= 4 is 12.6 Å². The van der Waals surface area contributed by atoms with Crippen molar-refractivity contribution in [3.05, 3.63) is 23.4 Å². The lowest BCUT2D eigenvalue weighted by molar-refractivity contribution is 0.381. The van der Waals surface area contributed by atoms with Crippen LogP contribution in [0.3, 0.4) is 0 Å². The van der Waals surface area contributed by atoms with Gasteiger partial charge in [0, 0.05) is 24.4 Å². The molecule has 44 valence electrons. The maximum absolute atomic E-state index is 4.11. The summed E-state index contributed by atoms with van der Waals surface area (Å²) in [5, 5.41) is 1.84. The van der Waals surface area contributed by atoms with Crippen LogP contribution < -0.4 is 5.43 Å². The molecule has 1 N–H and O–H groups in total. The normalized spacial score (nSPS) is 17.8. The summed E-state index contributed by atoms with van der Waals surface area (Å²) in [6, 6.07) is 0. The predicted molar refractivity (Wildman–Crippen MR) is 37.1 cm³/mol. The van der Waals surface area contributed by atoms with Crippen LogP contribution in [0.4, 0.5) is 0 Å². The molecule has 3 heteroatoms. The van der Waals surface area contributed by atoms with Crippen LogP contribution in [-0.4, -0.2) is 12.1 Å². The van der Waals surface area contributed by atoms with Crippen molar-refractivity contribution in [2.24, 2.45) is 0 Å². The van der Waals surface area contributed by atoms with E-state index in [1.807, 2.05) is 30.5 Å². The van der Waals surface area contributed by atoms with Gasteiger partial charge in [0.2, 0.25) is 0 Å². The van der Waals surface area contributed by atoms with E-state index in [0.717, 1.165) is 4.91 Å². The molecule has 0 spiro atoms. The fraction of sp³-hybridized carbons (Fsp3) is 0.200. The van der Waals surface area contributed by atoms with E-state index in [9.17, 15) is 0 Å². The number of rotatable bonds is 0. The SMILES string of the molecule is CN1C=C(S)C=CN1. The minimum Gasteiger partial charge on any atom is -0.306 e. The molecule has 0 aromatic heterocycles. The maximum atomic E-state index is 4.11. The summed E-state index contributed by atoms with van der Waals surface area (Å²) in [4.78, 5) is 0.964. The molecular formula is C5H8N2S. The van der Waals surface area contributed by atoms with E-state index in [1.54, 1.807) is 0 Å². The number of hydrogen-bond acceptors (Lipinski definition) is 3. The molecule has 1 aliphatic heterocycles. The van der Waals surface area contributed by atoms with Gasteiger partial charge in [-0.15, -0.1) is 12.6 Å². The first kappa shape index (κ1) is 5.56. The first-order valence-electron chi connectivity index (χ1n) is 2.35. The van der Waals surface area contributed by atoms with Crippen LogP contribution in [0.15, 0.2) is 23.4 Å². The molecule has 0 atom stereocenters. The summed E-state index contributed by atoms with van der Waals surface area (Å²) in [6.45, 7) is 0. The Morgan fingerprint density at radius 3 is 2.88 bits per heavy atom. The van der Waals surface area contributed by atoms with E-state index in [-0.39, 0.29) is 0 Å². The predicted octanol–water partition coefficient (Wildman–Crippen LogP) is 0.721. The van der Waals surface area contributed by atoms with Gasteiger partial charge in [-0.25, -0.2) is 0 Å². The highest BCUT2D eigenvalue weighted by Gasteiger charge is 1.92. The zero-order valence-corrected chi connectivity index (χ0v) is 5.52. The molecule has 0 fully saturated rings. The van der Waals surface area contributed by atoms with E-state index >= 15 is 0 Å². The third-order valence-electron chi connectivity index (χ3n) is 0.858. The molecule has 0 saturated carbocycles. The lowest BCUT2D eigenvalue weighted by atomic mass is 10.5. The lowest BCUT2D eigenvalue weighted by Crippen LogP contribution is -2.26. The van der Waals surface area contributed by atoms with Gasteiger partial charge in [0.05, 0.1) is 0 Å². The lowest BCUT2D eigenvalue weighted by Gasteiger charge is -2.17. The number of hydrogen-bond donors (Lipinski definition) is 2. The summed E-state index contributed by atoms with van der Waals surface area (Å²) in [5.74, 6) is 0. The quantitative estimate of drug-likeness (QED) is 0.467. The Balaban J connectivity index is 2.63. The van der Waals surface area contributed by atoms with Crippen molar-refractivity contribution in [1.29, 1.82) is 0 Å². The van der Waals surface area contributed by atoms with Gasteiger partial charge in [0.15, 0.2) is 0 Å². The molecule has 1 heterocycles. The van der Waals surface area contributed by atoms with Crippen molar-refractivity contribution in [3.63, 3.8) is 0 Å². The van der Waals surface area contributed by atoms with E-state index < -0.39 is 0 Å². The fourth-order valence-corrected chi connectivity index (χ4v) is 0.767. The minimum atomic E-state index is 0.964. The largest absolute Gasteiger partial charge is 0.306 e. The molecule has 0 aromatic carbocycles.